The van der Waals surface area contributed by atoms with Gasteiger partial charge in [-0.2, -0.15) is 0 Å². The molecule has 2 aromatic carbocycles. The summed E-state index contributed by atoms with van der Waals surface area (Å²) in [4.78, 5) is 38.3. The molecule has 0 radical (unpaired) electrons. The van der Waals surface area contributed by atoms with Crippen molar-refractivity contribution in [2.24, 2.45) is 0 Å². The van der Waals surface area contributed by atoms with Crippen molar-refractivity contribution in [2.45, 2.75) is 43.7 Å². The number of carbonyl (C=O) groups excluding carboxylic acids is 2. The van der Waals surface area contributed by atoms with E-state index in [-0.39, 0.29) is 31.4 Å². The largest absolute Gasteiger partial charge is 0.480 e. The van der Waals surface area contributed by atoms with Crippen molar-refractivity contribution >= 4 is 18.0 Å². The molecule has 8 heteroatoms. The third-order valence-electron chi connectivity index (χ3n) is 6.95. The van der Waals surface area contributed by atoms with Gasteiger partial charge in [-0.15, -0.1) is 0 Å². The van der Waals surface area contributed by atoms with Crippen LogP contribution in [0, 0.1) is 0 Å². The average Bonchev–Trinajstić information content (AvgIpc) is 3.39. The van der Waals surface area contributed by atoms with Crippen LogP contribution in [-0.2, 0) is 19.1 Å². The van der Waals surface area contributed by atoms with Crippen LogP contribution in [-0.4, -0.2) is 66.4 Å². The summed E-state index contributed by atoms with van der Waals surface area (Å²) in [7, 11) is 1.41. The van der Waals surface area contributed by atoms with Crippen molar-refractivity contribution in [1.82, 2.24) is 10.2 Å². The predicted molar refractivity (Wildman–Crippen MR) is 125 cm³/mol. The molecular weight excluding hydrogens is 436 g/mol. The van der Waals surface area contributed by atoms with Crippen molar-refractivity contribution in [3.63, 3.8) is 0 Å². The lowest BCUT2D eigenvalue weighted by Gasteiger charge is -2.33. The average molecular weight is 467 g/mol. The summed E-state index contributed by atoms with van der Waals surface area (Å²) in [6.45, 7) is 2.30. The van der Waals surface area contributed by atoms with Crippen LogP contribution in [0.4, 0.5) is 4.79 Å². The molecule has 8 nitrogen and oxygen atoms in total. The molecule has 2 amide bonds. The monoisotopic (exact) mass is 466 g/mol. The van der Waals surface area contributed by atoms with Crippen LogP contribution in [0.5, 0.6) is 0 Å². The summed E-state index contributed by atoms with van der Waals surface area (Å²) < 4.78 is 10.8. The standard InChI is InChI=1S/C26H30N2O6/c1-26(24(30)31)13-7-15-28(26)23(29)22(33-2)12-14-27-25(32)34-16-21-19-10-5-3-8-17(19)18-9-4-6-11-20(18)21/h3-6,8-11,21-22H,7,12-16H2,1-2H3,(H,27,32)(H,30,31)/t22?,26-/m0/s1. The van der Waals surface area contributed by atoms with Crippen molar-refractivity contribution in [3.8, 4) is 11.1 Å². The molecule has 4 rings (SSSR count). The van der Waals surface area contributed by atoms with Gasteiger partial charge in [0.05, 0.1) is 0 Å². The van der Waals surface area contributed by atoms with E-state index in [9.17, 15) is 19.5 Å². The zero-order chi connectivity index (χ0) is 24.3. The van der Waals surface area contributed by atoms with E-state index in [1.54, 1.807) is 6.92 Å². The third-order valence-corrected chi connectivity index (χ3v) is 6.95. The van der Waals surface area contributed by atoms with Gasteiger partial charge < -0.3 is 24.8 Å². The van der Waals surface area contributed by atoms with E-state index in [1.807, 2.05) is 24.3 Å². The molecule has 1 aliphatic carbocycles. The number of carboxylic acid groups (broad SMARTS) is 1. The third kappa shape index (κ3) is 4.37. The molecule has 180 valence electrons. The Morgan fingerprint density at radius 1 is 1.12 bits per heavy atom. The van der Waals surface area contributed by atoms with Crippen LogP contribution < -0.4 is 5.32 Å². The molecule has 2 atom stereocenters. The maximum Gasteiger partial charge on any atom is 0.407 e. The second-order valence-corrected chi connectivity index (χ2v) is 8.94. The van der Waals surface area contributed by atoms with E-state index in [0.717, 1.165) is 22.3 Å². The number of hydrogen-bond donors (Lipinski definition) is 2. The normalized spacial score (nSPS) is 19.9. The Morgan fingerprint density at radius 3 is 2.32 bits per heavy atom. The van der Waals surface area contributed by atoms with Crippen LogP contribution in [0.2, 0.25) is 0 Å². The van der Waals surface area contributed by atoms with Crippen molar-refractivity contribution in [1.29, 1.82) is 0 Å². The number of likely N-dealkylation sites (tertiary alicyclic amines) is 1. The second-order valence-electron chi connectivity index (χ2n) is 8.94. The number of carboxylic acids is 1. The molecule has 1 aliphatic heterocycles. The molecule has 1 fully saturated rings. The summed E-state index contributed by atoms with van der Waals surface area (Å²) in [6.07, 6.45) is -0.164. The Labute approximate surface area is 198 Å². The molecule has 0 aromatic heterocycles. The van der Waals surface area contributed by atoms with E-state index in [2.05, 4.69) is 29.6 Å². The number of methoxy groups -OCH3 is 1. The number of carbonyl (C=O) groups is 3. The van der Waals surface area contributed by atoms with Gasteiger partial charge in [0.25, 0.3) is 5.91 Å². The maximum absolute atomic E-state index is 12.9. The smallest absolute Gasteiger partial charge is 0.407 e. The van der Waals surface area contributed by atoms with Crippen molar-refractivity contribution < 1.29 is 29.0 Å². The fraction of sp³-hybridized carbons (Fsp3) is 0.423. The second kappa shape index (κ2) is 9.85. The number of fused-ring (bicyclic) bond motifs is 3. The Morgan fingerprint density at radius 2 is 1.74 bits per heavy atom. The highest BCUT2D eigenvalue weighted by Crippen LogP contribution is 2.44. The zero-order valence-electron chi connectivity index (χ0n) is 19.5. The Balaban J connectivity index is 1.30. The first-order valence-electron chi connectivity index (χ1n) is 11.5. The van der Waals surface area contributed by atoms with Gasteiger partial charge in [0, 0.05) is 32.5 Å². The highest BCUT2D eigenvalue weighted by molar-refractivity contribution is 5.89. The molecule has 2 N–H and O–H groups in total. The minimum Gasteiger partial charge on any atom is -0.480 e. The van der Waals surface area contributed by atoms with E-state index in [0.29, 0.717) is 19.4 Å². The Bertz CT molecular complexity index is 1040. The summed E-state index contributed by atoms with van der Waals surface area (Å²) in [5.74, 6) is -1.43. The molecule has 1 heterocycles. The van der Waals surface area contributed by atoms with Crippen molar-refractivity contribution in [3.05, 3.63) is 59.7 Å². The topological polar surface area (TPSA) is 105 Å². The summed E-state index contributed by atoms with van der Waals surface area (Å²) in [5.41, 5.74) is 3.35. The van der Waals surface area contributed by atoms with Crippen LogP contribution >= 0.6 is 0 Å². The molecule has 1 saturated heterocycles. The van der Waals surface area contributed by atoms with Crippen LogP contribution in [0.15, 0.2) is 48.5 Å². The van der Waals surface area contributed by atoms with E-state index in [4.69, 9.17) is 9.47 Å². The predicted octanol–water partition coefficient (Wildman–Crippen LogP) is 3.40. The molecule has 2 aliphatic rings. The number of ether oxygens (including phenoxy) is 2. The fourth-order valence-electron chi connectivity index (χ4n) is 5.01. The molecule has 0 bridgehead atoms. The molecular formula is C26H30N2O6. The highest BCUT2D eigenvalue weighted by atomic mass is 16.5. The minimum atomic E-state index is -1.23. The first-order valence-corrected chi connectivity index (χ1v) is 11.5. The lowest BCUT2D eigenvalue weighted by Crippen LogP contribution is -2.54. The van der Waals surface area contributed by atoms with E-state index < -0.39 is 23.7 Å². The molecule has 1 unspecified atom stereocenters. The van der Waals surface area contributed by atoms with E-state index in [1.165, 1.54) is 12.0 Å². The zero-order valence-corrected chi connectivity index (χ0v) is 19.5. The minimum absolute atomic E-state index is 0.0321. The quantitative estimate of drug-likeness (QED) is 0.618. The van der Waals surface area contributed by atoms with Gasteiger partial charge >= 0.3 is 12.1 Å². The lowest BCUT2D eigenvalue weighted by atomic mass is 9.98. The first kappa shape index (κ1) is 23.8. The number of nitrogens with zero attached hydrogens (tertiary/aromatic N) is 1. The van der Waals surface area contributed by atoms with Gasteiger partial charge in [0.15, 0.2) is 0 Å². The summed E-state index contributed by atoms with van der Waals surface area (Å²) in [5, 5.41) is 12.2. The number of benzene rings is 2. The summed E-state index contributed by atoms with van der Waals surface area (Å²) >= 11 is 0. The fourth-order valence-corrected chi connectivity index (χ4v) is 5.01. The Hall–Kier alpha value is -3.39. The maximum atomic E-state index is 12.9. The van der Waals surface area contributed by atoms with Crippen LogP contribution in [0.25, 0.3) is 11.1 Å². The van der Waals surface area contributed by atoms with Crippen LogP contribution in [0.3, 0.4) is 0 Å². The number of aliphatic carboxylic acids is 1. The molecule has 0 saturated carbocycles. The number of amides is 2. The van der Waals surface area contributed by atoms with E-state index >= 15 is 0 Å². The highest BCUT2D eigenvalue weighted by Gasteiger charge is 2.47. The summed E-state index contributed by atoms with van der Waals surface area (Å²) in [6, 6.07) is 16.2. The SMILES string of the molecule is COC(CCNC(=O)OCC1c2ccccc2-c2ccccc21)C(=O)N1CCC[C@@]1(C)C(=O)O. The number of alkyl carbamates (subject to hydrolysis) is 1. The lowest BCUT2D eigenvalue weighted by molar-refractivity contribution is -0.159. The van der Waals surface area contributed by atoms with Gasteiger partial charge in [-0.05, 0) is 42.0 Å². The molecule has 0 spiro atoms. The van der Waals surface area contributed by atoms with Gasteiger partial charge in [-0.1, -0.05) is 48.5 Å². The van der Waals surface area contributed by atoms with Crippen molar-refractivity contribution in [2.75, 3.05) is 26.8 Å². The van der Waals surface area contributed by atoms with Gasteiger partial charge in [0.2, 0.25) is 0 Å². The van der Waals surface area contributed by atoms with Crippen LogP contribution in [0.1, 0.15) is 43.2 Å². The van der Waals surface area contributed by atoms with Gasteiger partial charge in [-0.3, -0.25) is 4.79 Å². The Kier molecular flexibility index (Phi) is 6.88. The molecule has 2 aromatic rings. The number of rotatable bonds is 8. The van der Waals surface area contributed by atoms with Gasteiger partial charge in [0.1, 0.15) is 18.2 Å². The first-order chi connectivity index (χ1) is 16.4. The number of nitrogens with one attached hydrogen (secondary N) is 1. The van der Waals surface area contributed by atoms with Gasteiger partial charge in [-0.25, -0.2) is 9.59 Å². The molecule has 34 heavy (non-hydrogen) atoms. The number of hydrogen-bond acceptors (Lipinski definition) is 5.